The highest BCUT2D eigenvalue weighted by Crippen LogP contribution is 2.26. The molecular formula is C12H12N2O3. The molecule has 0 bridgehead atoms. The average Bonchev–Trinajstić information content (AvgIpc) is 2.85. The van der Waals surface area contributed by atoms with E-state index < -0.39 is 0 Å². The van der Waals surface area contributed by atoms with Crippen LogP contribution in [0.2, 0.25) is 0 Å². The maximum Gasteiger partial charge on any atom is 0.419 e. The first-order chi connectivity index (χ1) is 8.15. The summed E-state index contributed by atoms with van der Waals surface area (Å²) >= 11 is 0. The molecule has 5 heteroatoms. The summed E-state index contributed by atoms with van der Waals surface area (Å²) in [6, 6.07) is 5.64. The van der Waals surface area contributed by atoms with E-state index in [-0.39, 0.29) is 17.7 Å². The third-order valence-electron chi connectivity index (χ3n) is 3.21. The molecule has 1 saturated heterocycles. The fraction of sp³-hybridized carbons (Fsp3) is 0.333. The van der Waals surface area contributed by atoms with Gasteiger partial charge in [0.15, 0.2) is 5.58 Å². The number of fused-ring (bicyclic) bond motifs is 1. The quantitative estimate of drug-likeness (QED) is 0.800. The van der Waals surface area contributed by atoms with Crippen LogP contribution in [0.15, 0.2) is 27.4 Å². The van der Waals surface area contributed by atoms with Crippen LogP contribution in [0.25, 0.3) is 11.1 Å². The van der Waals surface area contributed by atoms with Crippen molar-refractivity contribution in [3.05, 3.63) is 34.3 Å². The van der Waals surface area contributed by atoms with E-state index in [9.17, 15) is 9.59 Å². The van der Waals surface area contributed by atoms with Crippen LogP contribution in [0.4, 0.5) is 0 Å². The Morgan fingerprint density at radius 3 is 2.94 bits per heavy atom. The average molecular weight is 232 g/mol. The number of oxazole rings is 1. The zero-order valence-corrected chi connectivity index (χ0v) is 9.40. The molecule has 1 aliphatic heterocycles. The molecule has 0 radical (unpaired) electrons. The smallest absolute Gasteiger partial charge is 0.408 e. The summed E-state index contributed by atoms with van der Waals surface area (Å²) in [4.78, 5) is 22.5. The number of nitrogens with zero attached hydrogens (tertiary/aromatic N) is 1. The van der Waals surface area contributed by atoms with Crippen LogP contribution < -0.4 is 11.1 Å². The Morgan fingerprint density at radius 1 is 1.41 bits per heavy atom. The largest absolute Gasteiger partial charge is 0.419 e. The zero-order chi connectivity index (χ0) is 12.0. The van der Waals surface area contributed by atoms with Gasteiger partial charge in [0.1, 0.15) is 0 Å². The van der Waals surface area contributed by atoms with Gasteiger partial charge in [-0.2, -0.15) is 0 Å². The highest BCUT2D eigenvalue weighted by molar-refractivity contribution is 5.79. The Morgan fingerprint density at radius 2 is 2.24 bits per heavy atom. The molecule has 0 aliphatic carbocycles. The summed E-state index contributed by atoms with van der Waals surface area (Å²) in [5.41, 5.74) is 2.32. The van der Waals surface area contributed by atoms with Crippen molar-refractivity contribution in [2.45, 2.75) is 18.9 Å². The first-order valence-electron chi connectivity index (χ1n) is 5.54. The van der Waals surface area contributed by atoms with Crippen molar-refractivity contribution in [2.75, 3.05) is 0 Å². The molecule has 1 aromatic carbocycles. The Balaban J connectivity index is 2.08. The lowest BCUT2D eigenvalue weighted by atomic mass is 10.1. The van der Waals surface area contributed by atoms with Crippen LogP contribution in [0.5, 0.6) is 0 Å². The summed E-state index contributed by atoms with van der Waals surface area (Å²) in [5.74, 6) is -0.294. The molecule has 88 valence electrons. The number of hydrogen-bond acceptors (Lipinski definition) is 3. The minimum atomic E-state index is -0.368. The lowest BCUT2D eigenvalue weighted by Gasteiger charge is -2.09. The molecule has 1 amide bonds. The van der Waals surface area contributed by atoms with Gasteiger partial charge in [0.25, 0.3) is 0 Å². The van der Waals surface area contributed by atoms with Crippen molar-refractivity contribution in [2.24, 2.45) is 7.05 Å². The highest BCUT2D eigenvalue weighted by atomic mass is 16.4. The normalized spacial score (nSPS) is 19.8. The second-order valence-electron chi connectivity index (χ2n) is 4.31. The van der Waals surface area contributed by atoms with Crippen LogP contribution in [-0.4, -0.2) is 10.5 Å². The first kappa shape index (κ1) is 10.1. The van der Waals surface area contributed by atoms with Crippen LogP contribution in [0, 0.1) is 0 Å². The van der Waals surface area contributed by atoms with E-state index in [4.69, 9.17) is 4.42 Å². The predicted octanol–water partition coefficient (Wildman–Crippen LogP) is 1.08. The second-order valence-corrected chi connectivity index (χ2v) is 4.31. The molecule has 1 unspecified atom stereocenters. The third-order valence-corrected chi connectivity index (χ3v) is 3.21. The molecule has 1 fully saturated rings. The lowest BCUT2D eigenvalue weighted by molar-refractivity contribution is -0.119. The number of aromatic nitrogens is 1. The molecule has 1 aliphatic rings. The summed E-state index contributed by atoms with van der Waals surface area (Å²) < 4.78 is 6.59. The lowest BCUT2D eigenvalue weighted by Crippen LogP contribution is -2.18. The van der Waals surface area contributed by atoms with Crippen molar-refractivity contribution in [1.29, 1.82) is 0 Å². The molecule has 17 heavy (non-hydrogen) atoms. The number of aryl methyl sites for hydroxylation is 1. The standard InChI is InChI=1S/C12H12N2O3/c1-14-9-4-2-7(6-10(9)17-12(14)16)8-3-5-11(15)13-8/h2,4,6,8H,3,5H2,1H3,(H,13,15). The minimum absolute atomic E-state index is 0.0393. The first-order valence-corrected chi connectivity index (χ1v) is 5.54. The number of hydrogen-bond donors (Lipinski definition) is 1. The molecule has 1 aromatic heterocycles. The number of nitrogens with one attached hydrogen (secondary N) is 1. The van der Waals surface area contributed by atoms with E-state index in [1.807, 2.05) is 18.2 Å². The van der Waals surface area contributed by atoms with Crippen molar-refractivity contribution in [1.82, 2.24) is 9.88 Å². The maximum atomic E-state index is 11.3. The Labute approximate surface area is 97.0 Å². The fourth-order valence-corrected chi connectivity index (χ4v) is 2.23. The molecule has 5 nitrogen and oxygen atoms in total. The van der Waals surface area contributed by atoms with Gasteiger partial charge in [-0.25, -0.2) is 4.79 Å². The molecule has 2 aromatic rings. The van der Waals surface area contributed by atoms with Crippen molar-refractivity contribution in [3.8, 4) is 0 Å². The highest BCUT2D eigenvalue weighted by Gasteiger charge is 2.22. The van der Waals surface area contributed by atoms with E-state index >= 15 is 0 Å². The van der Waals surface area contributed by atoms with Crippen molar-refractivity contribution in [3.63, 3.8) is 0 Å². The third kappa shape index (κ3) is 1.54. The number of benzene rings is 1. The van der Waals surface area contributed by atoms with Crippen LogP contribution >= 0.6 is 0 Å². The summed E-state index contributed by atoms with van der Waals surface area (Å²) in [7, 11) is 1.67. The molecule has 2 heterocycles. The Bertz CT molecular complexity index is 653. The van der Waals surface area contributed by atoms with Gasteiger partial charge in [0.05, 0.1) is 11.6 Å². The topological polar surface area (TPSA) is 64.2 Å². The fourth-order valence-electron chi connectivity index (χ4n) is 2.23. The second kappa shape index (κ2) is 3.48. The van der Waals surface area contributed by atoms with Gasteiger partial charge in [-0.05, 0) is 24.1 Å². The van der Waals surface area contributed by atoms with Crippen LogP contribution in [0.1, 0.15) is 24.4 Å². The molecular weight excluding hydrogens is 220 g/mol. The Hall–Kier alpha value is -2.04. The maximum absolute atomic E-state index is 11.3. The van der Waals surface area contributed by atoms with Gasteiger partial charge < -0.3 is 9.73 Å². The van der Waals surface area contributed by atoms with Gasteiger partial charge in [0.2, 0.25) is 5.91 Å². The number of carbonyl (C=O) groups excluding carboxylic acids is 1. The van der Waals surface area contributed by atoms with Gasteiger partial charge >= 0.3 is 5.76 Å². The zero-order valence-electron chi connectivity index (χ0n) is 9.40. The van der Waals surface area contributed by atoms with E-state index in [2.05, 4.69) is 5.32 Å². The van der Waals surface area contributed by atoms with Crippen molar-refractivity contribution >= 4 is 17.0 Å². The van der Waals surface area contributed by atoms with E-state index in [1.165, 1.54) is 4.57 Å². The van der Waals surface area contributed by atoms with Gasteiger partial charge in [-0.15, -0.1) is 0 Å². The Kier molecular flexibility index (Phi) is 2.07. The number of rotatable bonds is 1. The number of amides is 1. The van der Waals surface area contributed by atoms with E-state index in [1.54, 1.807) is 7.05 Å². The van der Waals surface area contributed by atoms with Gasteiger partial charge in [-0.1, -0.05) is 6.07 Å². The summed E-state index contributed by atoms with van der Waals surface area (Å²) in [6.45, 7) is 0. The summed E-state index contributed by atoms with van der Waals surface area (Å²) in [5, 5.41) is 2.89. The van der Waals surface area contributed by atoms with Crippen LogP contribution in [-0.2, 0) is 11.8 Å². The monoisotopic (exact) mass is 232 g/mol. The SMILES string of the molecule is Cn1c(=O)oc2cc(C3CCC(=O)N3)ccc21. The van der Waals surface area contributed by atoms with E-state index in [0.29, 0.717) is 12.0 Å². The minimum Gasteiger partial charge on any atom is -0.408 e. The van der Waals surface area contributed by atoms with Crippen LogP contribution in [0.3, 0.4) is 0 Å². The molecule has 1 N–H and O–H groups in total. The van der Waals surface area contributed by atoms with Gasteiger partial charge in [-0.3, -0.25) is 9.36 Å². The van der Waals surface area contributed by atoms with Gasteiger partial charge in [0, 0.05) is 13.5 Å². The molecule has 0 spiro atoms. The number of carbonyl (C=O) groups is 1. The molecule has 0 saturated carbocycles. The van der Waals surface area contributed by atoms with E-state index in [0.717, 1.165) is 17.5 Å². The predicted molar refractivity (Wildman–Crippen MR) is 61.6 cm³/mol. The van der Waals surface area contributed by atoms with Crippen molar-refractivity contribution < 1.29 is 9.21 Å². The summed E-state index contributed by atoms with van der Waals surface area (Å²) in [6.07, 6.45) is 1.35. The molecule has 1 atom stereocenters. The molecule has 3 rings (SSSR count).